The van der Waals surface area contributed by atoms with Gasteiger partial charge >= 0.3 is 11.7 Å². The number of carboxylic acids is 1. The summed E-state index contributed by atoms with van der Waals surface area (Å²) in [4.78, 5) is 22.5. The van der Waals surface area contributed by atoms with Crippen LogP contribution in [0.2, 0.25) is 0 Å². The largest absolute Gasteiger partial charge is 0.480 e. The Morgan fingerprint density at radius 2 is 2.04 bits per heavy atom. The first-order valence-corrected chi connectivity index (χ1v) is 8.49. The molecule has 23 heavy (non-hydrogen) atoms. The number of nitrogens with zero attached hydrogens (tertiary/aromatic N) is 2. The van der Waals surface area contributed by atoms with Crippen molar-refractivity contribution in [2.75, 3.05) is 6.54 Å². The highest BCUT2D eigenvalue weighted by Gasteiger charge is 2.29. The van der Waals surface area contributed by atoms with Gasteiger partial charge in [0.25, 0.3) is 0 Å². The molecule has 126 valence electrons. The summed E-state index contributed by atoms with van der Waals surface area (Å²) in [6.45, 7) is 4.71. The summed E-state index contributed by atoms with van der Waals surface area (Å²) in [6.07, 6.45) is 0. The van der Waals surface area contributed by atoms with Gasteiger partial charge in [-0.25, -0.2) is 13.2 Å². The predicted octanol–water partition coefficient (Wildman–Crippen LogP) is 1.10. The summed E-state index contributed by atoms with van der Waals surface area (Å²) in [5.41, 5.74) is 0.641. The fraction of sp³-hybridized carbons (Fsp3) is 0.429. The first-order valence-electron chi connectivity index (χ1n) is 7.05. The molecule has 0 radical (unpaired) electrons. The van der Waals surface area contributed by atoms with Crippen molar-refractivity contribution < 1.29 is 22.7 Å². The van der Waals surface area contributed by atoms with Crippen LogP contribution in [0.25, 0.3) is 11.1 Å². The molecule has 9 heteroatoms. The van der Waals surface area contributed by atoms with Gasteiger partial charge in [-0.15, -0.1) is 0 Å². The van der Waals surface area contributed by atoms with Gasteiger partial charge in [0.2, 0.25) is 10.0 Å². The highest BCUT2D eigenvalue weighted by molar-refractivity contribution is 7.89. The van der Waals surface area contributed by atoms with Gasteiger partial charge in [0.15, 0.2) is 5.58 Å². The number of benzene rings is 1. The van der Waals surface area contributed by atoms with Crippen molar-refractivity contribution in [2.24, 2.45) is 0 Å². The minimum Gasteiger partial charge on any atom is -0.480 e. The number of fused-ring (bicyclic) bond motifs is 1. The topological polar surface area (TPSA) is 110 Å². The first-order chi connectivity index (χ1) is 10.7. The Balaban J connectivity index is 2.57. The second-order valence-electron chi connectivity index (χ2n) is 5.28. The van der Waals surface area contributed by atoms with E-state index in [1.54, 1.807) is 20.8 Å². The highest BCUT2D eigenvalue weighted by atomic mass is 32.2. The lowest BCUT2D eigenvalue weighted by Crippen LogP contribution is -2.40. The number of aryl methyl sites for hydroxylation is 1. The number of hydrogen-bond donors (Lipinski definition) is 1. The molecule has 0 unspecified atom stereocenters. The molecule has 0 fully saturated rings. The maximum atomic E-state index is 12.7. The van der Waals surface area contributed by atoms with Crippen LogP contribution in [0.4, 0.5) is 0 Å². The van der Waals surface area contributed by atoms with E-state index < -0.39 is 34.3 Å². The fourth-order valence-corrected chi connectivity index (χ4v) is 3.92. The maximum Gasteiger partial charge on any atom is 0.419 e. The number of aliphatic carboxylic acids is 1. The van der Waals surface area contributed by atoms with Crippen LogP contribution in [0.1, 0.15) is 20.8 Å². The van der Waals surface area contributed by atoms with Crippen LogP contribution in [-0.2, 0) is 21.4 Å². The predicted molar refractivity (Wildman–Crippen MR) is 82.8 cm³/mol. The molecule has 0 saturated carbocycles. The lowest BCUT2D eigenvalue weighted by Gasteiger charge is -2.24. The SMILES string of the molecule is CCn1c(=O)oc2cc(S(=O)(=O)N(CC(=O)O)C(C)C)ccc21. The molecule has 1 aromatic heterocycles. The second kappa shape index (κ2) is 6.17. The monoisotopic (exact) mass is 342 g/mol. The average molecular weight is 342 g/mol. The fourth-order valence-electron chi connectivity index (χ4n) is 2.32. The standard InChI is InChI=1S/C14H18N2O6S/c1-4-15-11-6-5-10(7-12(11)22-14(15)19)23(20,21)16(9(2)3)8-13(17)18/h5-7,9H,4,8H2,1-3H3,(H,17,18). The van der Waals surface area contributed by atoms with Crippen molar-refractivity contribution in [1.82, 2.24) is 8.87 Å². The molecule has 1 N–H and O–H groups in total. The van der Waals surface area contributed by atoms with E-state index in [1.165, 1.54) is 22.8 Å². The molecular formula is C14H18N2O6S. The van der Waals surface area contributed by atoms with Crippen molar-refractivity contribution in [3.05, 3.63) is 28.7 Å². The Morgan fingerprint density at radius 3 is 2.57 bits per heavy atom. The zero-order valence-corrected chi connectivity index (χ0v) is 13.8. The van der Waals surface area contributed by atoms with Crippen LogP contribution in [0.5, 0.6) is 0 Å². The Kier molecular flexibility index (Phi) is 4.62. The molecule has 1 aromatic carbocycles. The van der Waals surface area contributed by atoms with Crippen molar-refractivity contribution >= 4 is 27.1 Å². The van der Waals surface area contributed by atoms with E-state index in [0.29, 0.717) is 12.1 Å². The summed E-state index contributed by atoms with van der Waals surface area (Å²) in [5, 5.41) is 8.92. The quantitative estimate of drug-likeness (QED) is 0.842. The molecule has 0 atom stereocenters. The summed E-state index contributed by atoms with van der Waals surface area (Å²) >= 11 is 0. The molecule has 2 aromatic rings. The van der Waals surface area contributed by atoms with Crippen molar-refractivity contribution in [1.29, 1.82) is 0 Å². The number of hydrogen-bond acceptors (Lipinski definition) is 5. The molecule has 8 nitrogen and oxygen atoms in total. The van der Waals surface area contributed by atoms with Gasteiger partial charge in [-0.3, -0.25) is 9.36 Å². The number of oxazole rings is 1. The minimum atomic E-state index is -4.02. The molecule has 2 rings (SSSR count). The van der Waals surface area contributed by atoms with Gasteiger partial charge in [0.1, 0.15) is 6.54 Å². The van der Waals surface area contributed by atoms with E-state index >= 15 is 0 Å². The van der Waals surface area contributed by atoms with Crippen LogP contribution in [0, 0.1) is 0 Å². The van der Waals surface area contributed by atoms with Crippen molar-refractivity contribution in [3.63, 3.8) is 0 Å². The summed E-state index contributed by atoms with van der Waals surface area (Å²) < 4.78 is 32.6. The number of carbonyl (C=O) groups is 1. The molecule has 0 saturated heterocycles. The second-order valence-corrected chi connectivity index (χ2v) is 7.17. The van der Waals surface area contributed by atoms with Crippen LogP contribution in [0.3, 0.4) is 0 Å². The highest BCUT2D eigenvalue weighted by Crippen LogP contribution is 2.23. The lowest BCUT2D eigenvalue weighted by atomic mass is 10.3. The van der Waals surface area contributed by atoms with E-state index in [0.717, 1.165) is 4.31 Å². The molecule has 0 bridgehead atoms. The van der Waals surface area contributed by atoms with Crippen molar-refractivity contribution in [2.45, 2.75) is 38.3 Å². The van der Waals surface area contributed by atoms with Crippen LogP contribution < -0.4 is 5.76 Å². The van der Waals surface area contributed by atoms with Gasteiger partial charge in [0.05, 0.1) is 10.4 Å². The number of sulfonamides is 1. The molecule has 0 amide bonds. The van der Waals surface area contributed by atoms with Gasteiger partial charge in [-0.2, -0.15) is 4.31 Å². The maximum absolute atomic E-state index is 12.7. The molecule has 0 aliphatic carbocycles. The van der Waals surface area contributed by atoms with E-state index in [2.05, 4.69) is 0 Å². The average Bonchev–Trinajstić information content (AvgIpc) is 2.78. The molecular weight excluding hydrogens is 324 g/mol. The molecule has 1 heterocycles. The van der Waals surface area contributed by atoms with Gasteiger partial charge < -0.3 is 9.52 Å². The number of rotatable bonds is 6. The number of carboxylic acid groups (broad SMARTS) is 1. The zero-order valence-electron chi connectivity index (χ0n) is 13.0. The molecule has 0 aliphatic rings. The Morgan fingerprint density at radius 1 is 1.39 bits per heavy atom. The Bertz CT molecular complexity index is 894. The Labute approximate surface area is 133 Å². The smallest absolute Gasteiger partial charge is 0.419 e. The van der Waals surface area contributed by atoms with Gasteiger partial charge in [-0.05, 0) is 32.9 Å². The van der Waals surface area contributed by atoms with E-state index in [4.69, 9.17) is 9.52 Å². The van der Waals surface area contributed by atoms with E-state index in [1.807, 2.05) is 0 Å². The third-order valence-electron chi connectivity index (χ3n) is 3.43. The normalized spacial score (nSPS) is 12.4. The summed E-state index contributed by atoms with van der Waals surface area (Å²) in [7, 11) is -4.02. The van der Waals surface area contributed by atoms with E-state index in [9.17, 15) is 18.0 Å². The van der Waals surface area contributed by atoms with E-state index in [-0.39, 0.29) is 10.5 Å². The molecule has 0 aliphatic heterocycles. The van der Waals surface area contributed by atoms with Crippen LogP contribution in [-0.4, -0.2) is 41.0 Å². The minimum absolute atomic E-state index is 0.114. The number of aromatic nitrogens is 1. The van der Waals surface area contributed by atoms with Gasteiger partial charge in [0, 0.05) is 18.7 Å². The first kappa shape index (κ1) is 17.2. The third-order valence-corrected chi connectivity index (χ3v) is 5.45. The van der Waals surface area contributed by atoms with Gasteiger partial charge in [-0.1, -0.05) is 0 Å². The van der Waals surface area contributed by atoms with Crippen LogP contribution >= 0.6 is 0 Å². The van der Waals surface area contributed by atoms with Crippen molar-refractivity contribution in [3.8, 4) is 0 Å². The van der Waals surface area contributed by atoms with Crippen LogP contribution in [0.15, 0.2) is 32.3 Å². The zero-order chi connectivity index (χ0) is 17.4. The molecule has 0 spiro atoms. The summed E-state index contributed by atoms with van der Waals surface area (Å²) in [6, 6.07) is 3.54. The third kappa shape index (κ3) is 3.15. The summed E-state index contributed by atoms with van der Waals surface area (Å²) in [5.74, 6) is -1.81. The Hall–Kier alpha value is -2.13. The lowest BCUT2D eigenvalue weighted by molar-refractivity contribution is -0.137.